The highest BCUT2D eigenvalue weighted by atomic mass is 32.1. The third-order valence-electron chi connectivity index (χ3n) is 2.38. The van der Waals surface area contributed by atoms with Crippen molar-refractivity contribution in [1.29, 1.82) is 0 Å². The first kappa shape index (κ1) is 12.4. The minimum atomic E-state index is -0.201. The van der Waals surface area contributed by atoms with Gasteiger partial charge in [-0.2, -0.15) is 0 Å². The first-order chi connectivity index (χ1) is 8.60. The Labute approximate surface area is 109 Å². The Hall–Kier alpha value is -2.01. The van der Waals surface area contributed by atoms with Gasteiger partial charge in [0.15, 0.2) is 5.75 Å². The number of ether oxygens (including phenoxy) is 1. The van der Waals surface area contributed by atoms with Crippen LogP contribution in [0.3, 0.4) is 0 Å². The summed E-state index contributed by atoms with van der Waals surface area (Å²) < 4.78 is 5.08. The van der Waals surface area contributed by atoms with Gasteiger partial charge >= 0.3 is 0 Å². The van der Waals surface area contributed by atoms with E-state index in [2.05, 4.69) is 5.32 Å². The molecule has 0 bridgehead atoms. The minimum absolute atomic E-state index is 0.0843. The van der Waals surface area contributed by atoms with Crippen LogP contribution in [0.4, 0.5) is 5.00 Å². The zero-order valence-electron chi connectivity index (χ0n) is 10.1. The van der Waals surface area contributed by atoms with Crippen LogP contribution < -0.4 is 10.1 Å². The molecule has 2 rings (SSSR count). The van der Waals surface area contributed by atoms with Crippen LogP contribution in [-0.2, 0) is 4.79 Å². The van der Waals surface area contributed by atoms with Crippen LogP contribution in [0.5, 0.6) is 11.5 Å². The van der Waals surface area contributed by atoms with E-state index in [-0.39, 0.29) is 11.7 Å². The van der Waals surface area contributed by atoms with Crippen LogP contribution in [0, 0.1) is 0 Å². The SMILES string of the molecule is COc1ccc(-c2cc(O)c(NC(C)=O)s2)cc1. The van der Waals surface area contributed by atoms with Gasteiger partial charge in [0, 0.05) is 17.9 Å². The summed E-state index contributed by atoms with van der Waals surface area (Å²) in [4.78, 5) is 11.9. The van der Waals surface area contributed by atoms with Gasteiger partial charge in [-0.15, -0.1) is 11.3 Å². The monoisotopic (exact) mass is 263 g/mol. The van der Waals surface area contributed by atoms with Gasteiger partial charge in [0.2, 0.25) is 5.91 Å². The van der Waals surface area contributed by atoms with Crippen LogP contribution >= 0.6 is 11.3 Å². The molecule has 0 aliphatic heterocycles. The molecule has 2 aromatic rings. The number of methoxy groups -OCH3 is 1. The summed E-state index contributed by atoms with van der Waals surface area (Å²) in [5.74, 6) is 0.663. The number of rotatable bonds is 3. The smallest absolute Gasteiger partial charge is 0.221 e. The Morgan fingerprint density at radius 3 is 2.56 bits per heavy atom. The fourth-order valence-electron chi connectivity index (χ4n) is 1.53. The van der Waals surface area contributed by atoms with Gasteiger partial charge in [-0.25, -0.2) is 0 Å². The molecule has 4 nitrogen and oxygen atoms in total. The first-order valence-electron chi connectivity index (χ1n) is 5.35. The number of thiophene rings is 1. The third kappa shape index (κ3) is 2.62. The second-order valence-corrected chi connectivity index (χ2v) is 4.79. The number of aromatic hydroxyl groups is 1. The molecule has 2 N–H and O–H groups in total. The standard InChI is InChI=1S/C13H13NO3S/c1-8(15)14-13-11(16)7-12(18-13)9-3-5-10(17-2)6-4-9/h3-7,16H,1-2H3,(H,14,15). The molecule has 5 heteroatoms. The lowest BCUT2D eigenvalue weighted by atomic mass is 10.2. The minimum Gasteiger partial charge on any atom is -0.505 e. The highest BCUT2D eigenvalue weighted by Crippen LogP contribution is 2.39. The van der Waals surface area contributed by atoms with Crippen molar-refractivity contribution in [3.8, 4) is 21.9 Å². The predicted molar refractivity (Wildman–Crippen MR) is 72.3 cm³/mol. The summed E-state index contributed by atoms with van der Waals surface area (Å²) in [6.07, 6.45) is 0. The third-order valence-corrected chi connectivity index (χ3v) is 3.47. The van der Waals surface area contributed by atoms with Gasteiger partial charge < -0.3 is 15.2 Å². The molecule has 0 atom stereocenters. The van der Waals surface area contributed by atoms with Gasteiger partial charge in [0.05, 0.1) is 7.11 Å². The van der Waals surface area contributed by atoms with Crippen molar-refractivity contribution in [2.24, 2.45) is 0 Å². The van der Waals surface area contributed by atoms with Crippen molar-refractivity contribution in [1.82, 2.24) is 0 Å². The summed E-state index contributed by atoms with van der Waals surface area (Å²) in [7, 11) is 1.61. The Morgan fingerprint density at radius 1 is 1.33 bits per heavy atom. The molecule has 0 fully saturated rings. The number of hydrogen-bond acceptors (Lipinski definition) is 4. The van der Waals surface area contributed by atoms with E-state index in [4.69, 9.17) is 4.74 Å². The van der Waals surface area contributed by atoms with Crippen molar-refractivity contribution in [2.45, 2.75) is 6.92 Å². The lowest BCUT2D eigenvalue weighted by Crippen LogP contribution is -2.03. The number of benzene rings is 1. The molecule has 0 saturated carbocycles. The summed E-state index contributed by atoms with van der Waals surface area (Å²) in [5.41, 5.74) is 0.965. The summed E-state index contributed by atoms with van der Waals surface area (Å²) in [6, 6.07) is 9.15. The van der Waals surface area contributed by atoms with E-state index in [9.17, 15) is 9.90 Å². The number of carbonyl (C=O) groups excluding carboxylic acids is 1. The van der Waals surface area contributed by atoms with Gasteiger partial charge in [-0.05, 0) is 29.8 Å². The Bertz CT molecular complexity index is 560. The second-order valence-electron chi connectivity index (χ2n) is 3.73. The average Bonchev–Trinajstić information content (AvgIpc) is 2.70. The molecule has 0 unspecified atom stereocenters. The van der Waals surface area contributed by atoms with E-state index in [1.165, 1.54) is 18.3 Å². The number of anilines is 1. The maximum Gasteiger partial charge on any atom is 0.221 e. The van der Waals surface area contributed by atoms with Gasteiger partial charge in [0.25, 0.3) is 0 Å². The van der Waals surface area contributed by atoms with Crippen molar-refractivity contribution in [2.75, 3.05) is 12.4 Å². The lowest BCUT2D eigenvalue weighted by molar-refractivity contribution is -0.114. The number of hydrogen-bond donors (Lipinski definition) is 2. The van der Waals surface area contributed by atoms with Crippen molar-refractivity contribution < 1.29 is 14.6 Å². The highest BCUT2D eigenvalue weighted by molar-refractivity contribution is 7.20. The van der Waals surface area contributed by atoms with E-state index in [1.54, 1.807) is 13.2 Å². The highest BCUT2D eigenvalue weighted by Gasteiger charge is 2.10. The van der Waals surface area contributed by atoms with Gasteiger partial charge in [0.1, 0.15) is 10.8 Å². The fourth-order valence-corrected chi connectivity index (χ4v) is 2.53. The Morgan fingerprint density at radius 2 is 2.00 bits per heavy atom. The molecule has 18 heavy (non-hydrogen) atoms. The number of carbonyl (C=O) groups is 1. The molecule has 1 heterocycles. The molecular weight excluding hydrogens is 250 g/mol. The summed E-state index contributed by atoms with van der Waals surface area (Å²) >= 11 is 1.33. The molecule has 1 aromatic heterocycles. The topological polar surface area (TPSA) is 58.6 Å². The van der Waals surface area contributed by atoms with Crippen LogP contribution in [0.2, 0.25) is 0 Å². The number of nitrogens with one attached hydrogen (secondary N) is 1. The molecule has 0 aliphatic carbocycles. The summed E-state index contributed by atoms with van der Waals surface area (Å²) in [5, 5.41) is 12.8. The van der Waals surface area contributed by atoms with Crippen molar-refractivity contribution >= 4 is 22.2 Å². The van der Waals surface area contributed by atoms with E-state index >= 15 is 0 Å². The van der Waals surface area contributed by atoms with Crippen LogP contribution in [0.25, 0.3) is 10.4 Å². The Balaban J connectivity index is 2.30. The van der Waals surface area contributed by atoms with Gasteiger partial charge in [-0.3, -0.25) is 4.79 Å². The van der Waals surface area contributed by atoms with E-state index in [1.807, 2.05) is 24.3 Å². The maximum atomic E-state index is 11.0. The lowest BCUT2D eigenvalue weighted by Gasteiger charge is -2.00. The Kier molecular flexibility index (Phi) is 3.53. The zero-order valence-corrected chi connectivity index (χ0v) is 10.9. The molecule has 0 aliphatic rings. The molecule has 0 radical (unpaired) electrons. The number of amides is 1. The molecule has 94 valence electrons. The maximum absolute atomic E-state index is 11.0. The fraction of sp³-hybridized carbons (Fsp3) is 0.154. The van der Waals surface area contributed by atoms with E-state index in [0.717, 1.165) is 16.2 Å². The normalized spacial score (nSPS) is 10.1. The van der Waals surface area contributed by atoms with Crippen LogP contribution in [-0.4, -0.2) is 18.1 Å². The molecule has 1 aromatic carbocycles. The van der Waals surface area contributed by atoms with Crippen LogP contribution in [0.1, 0.15) is 6.92 Å². The molecular formula is C13H13NO3S. The predicted octanol–water partition coefficient (Wildman–Crippen LogP) is 3.09. The molecule has 1 amide bonds. The summed E-state index contributed by atoms with van der Waals surface area (Å²) in [6.45, 7) is 1.41. The quantitative estimate of drug-likeness (QED) is 0.894. The van der Waals surface area contributed by atoms with E-state index in [0.29, 0.717) is 5.00 Å². The van der Waals surface area contributed by atoms with Crippen molar-refractivity contribution in [3.05, 3.63) is 30.3 Å². The van der Waals surface area contributed by atoms with Crippen molar-refractivity contribution in [3.63, 3.8) is 0 Å². The first-order valence-corrected chi connectivity index (χ1v) is 6.16. The largest absolute Gasteiger partial charge is 0.505 e. The molecule has 0 saturated heterocycles. The molecule has 0 spiro atoms. The van der Waals surface area contributed by atoms with Gasteiger partial charge in [-0.1, -0.05) is 0 Å². The van der Waals surface area contributed by atoms with E-state index < -0.39 is 0 Å². The van der Waals surface area contributed by atoms with Crippen LogP contribution in [0.15, 0.2) is 30.3 Å². The zero-order chi connectivity index (χ0) is 13.1. The second kappa shape index (κ2) is 5.10. The average molecular weight is 263 g/mol.